The van der Waals surface area contributed by atoms with Crippen LogP contribution in [-0.4, -0.2) is 14.5 Å². The first-order chi connectivity index (χ1) is 7.84. The first-order valence-electron chi connectivity index (χ1n) is 4.93. The van der Waals surface area contributed by atoms with Crippen molar-refractivity contribution in [1.29, 1.82) is 0 Å². The Kier molecular flexibility index (Phi) is 1.89. The van der Waals surface area contributed by atoms with E-state index in [4.69, 9.17) is 10.2 Å². The average molecular weight is 214 g/mol. The van der Waals surface area contributed by atoms with Crippen LogP contribution in [0.3, 0.4) is 0 Å². The molecule has 3 aromatic rings. The van der Waals surface area contributed by atoms with E-state index in [1.807, 2.05) is 22.8 Å². The van der Waals surface area contributed by atoms with Gasteiger partial charge >= 0.3 is 0 Å². The number of imidazole rings is 1. The highest BCUT2D eigenvalue weighted by molar-refractivity contribution is 5.77. The summed E-state index contributed by atoms with van der Waals surface area (Å²) in [5.41, 5.74) is 7.61. The summed E-state index contributed by atoms with van der Waals surface area (Å²) in [4.78, 5) is 8.24. The molecule has 5 heteroatoms. The molecule has 3 aromatic heterocycles. The number of pyridine rings is 1. The third kappa shape index (κ3) is 1.33. The largest absolute Gasteiger partial charge is 0.467 e. The fourth-order valence-electron chi connectivity index (χ4n) is 1.72. The van der Waals surface area contributed by atoms with E-state index in [2.05, 4.69) is 9.97 Å². The van der Waals surface area contributed by atoms with Gasteiger partial charge in [0, 0.05) is 6.20 Å². The van der Waals surface area contributed by atoms with Crippen LogP contribution in [0.4, 0.5) is 5.95 Å². The highest BCUT2D eigenvalue weighted by Crippen LogP contribution is 2.18. The molecule has 0 saturated carbocycles. The second kappa shape index (κ2) is 3.37. The summed E-state index contributed by atoms with van der Waals surface area (Å²) in [5, 5.41) is 0. The van der Waals surface area contributed by atoms with Crippen molar-refractivity contribution < 1.29 is 4.42 Å². The van der Waals surface area contributed by atoms with Crippen LogP contribution in [0.15, 0.2) is 41.3 Å². The van der Waals surface area contributed by atoms with Gasteiger partial charge < -0.3 is 14.7 Å². The maximum absolute atomic E-state index is 5.85. The van der Waals surface area contributed by atoms with Gasteiger partial charge in [0.05, 0.1) is 24.5 Å². The molecule has 0 aliphatic rings. The first-order valence-corrected chi connectivity index (χ1v) is 4.93. The SMILES string of the molecule is Nc1nc2cnccc2n1Cc1ccco1. The molecule has 0 spiro atoms. The number of anilines is 1. The molecule has 0 amide bonds. The molecule has 5 nitrogen and oxygen atoms in total. The predicted molar refractivity (Wildman–Crippen MR) is 59.8 cm³/mol. The Morgan fingerprint density at radius 3 is 3.12 bits per heavy atom. The van der Waals surface area contributed by atoms with Crippen LogP contribution >= 0.6 is 0 Å². The maximum atomic E-state index is 5.85. The molecule has 0 aliphatic heterocycles. The Morgan fingerprint density at radius 2 is 2.31 bits per heavy atom. The molecular weight excluding hydrogens is 204 g/mol. The van der Waals surface area contributed by atoms with Gasteiger partial charge in [-0.2, -0.15) is 0 Å². The van der Waals surface area contributed by atoms with Gasteiger partial charge in [-0.3, -0.25) is 4.98 Å². The van der Waals surface area contributed by atoms with Crippen LogP contribution in [0, 0.1) is 0 Å². The number of hydrogen-bond donors (Lipinski definition) is 1. The molecule has 0 fully saturated rings. The Morgan fingerprint density at radius 1 is 1.38 bits per heavy atom. The Bertz CT molecular complexity index is 612. The summed E-state index contributed by atoms with van der Waals surface area (Å²) in [6.45, 7) is 0.583. The number of nitrogens with zero attached hydrogens (tertiary/aromatic N) is 3. The van der Waals surface area contributed by atoms with Crippen molar-refractivity contribution in [3.63, 3.8) is 0 Å². The lowest BCUT2D eigenvalue weighted by Crippen LogP contribution is -2.03. The van der Waals surface area contributed by atoms with E-state index in [0.717, 1.165) is 16.8 Å². The van der Waals surface area contributed by atoms with Crippen LogP contribution in [0.2, 0.25) is 0 Å². The van der Waals surface area contributed by atoms with E-state index >= 15 is 0 Å². The van der Waals surface area contributed by atoms with E-state index in [9.17, 15) is 0 Å². The number of nitrogens with two attached hydrogens (primary N) is 1. The molecular formula is C11H10N4O. The zero-order valence-corrected chi connectivity index (χ0v) is 8.50. The lowest BCUT2D eigenvalue weighted by atomic mass is 10.4. The third-order valence-corrected chi connectivity index (χ3v) is 2.47. The summed E-state index contributed by atoms with van der Waals surface area (Å²) in [6.07, 6.45) is 5.07. The summed E-state index contributed by atoms with van der Waals surface area (Å²) >= 11 is 0. The van der Waals surface area contributed by atoms with Gasteiger partial charge in [-0.1, -0.05) is 0 Å². The van der Waals surface area contributed by atoms with E-state index in [0.29, 0.717) is 12.5 Å². The van der Waals surface area contributed by atoms with Crippen molar-refractivity contribution in [3.8, 4) is 0 Å². The monoisotopic (exact) mass is 214 g/mol. The van der Waals surface area contributed by atoms with E-state index in [1.54, 1.807) is 18.7 Å². The van der Waals surface area contributed by atoms with Crippen LogP contribution in [-0.2, 0) is 6.54 Å². The maximum Gasteiger partial charge on any atom is 0.201 e. The molecule has 0 atom stereocenters. The van der Waals surface area contributed by atoms with E-state index < -0.39 is 0 Å². The molecule has 0 aliphatic carbocycles. The minimum absolute atomic E-state index is 0.472. The average Bonchev–Trinajstić information content (AvgIpc) is 2.89. The second-order valence-corrected chi connectivity index (χ2v) is 3.50. The zero-order chi connectivity index (χ0) is 11.0. The smallest absolute Gasteiger partial charge is 0.201 e. The van der Waals surface area contributed by atoms with Gasteiger partial charge in [0.15, 0.2) is 0 Å². The fraction of sp³-hybridized carbons (Fsp3) is 0.0909. The summed E-state index contributed by atoms with van der Waals surface area (Å²) in [5.74, 6) is 1.32. The third-order valence-electron chi connectivity index (χ3n) is 2.47. The number of nitrogen functional groups attached to an aromatic ring is 1. The summed E-state index contributed by atoms with van der Waals surface area (Å²) < 4.78 is 7.19. The van der Waals surface area contributed by atoms with E-state index in [-0.39, 0.29) is 0 Å². The van der Waals surface area contributed by atoms with Crippen LogP contribution in [0.5, 0.6) is 0 Å². The van der Waals surface area contributed by atoms with Crippen molar-refractivity contribution in [2.45, 2.75) is 6.54 Å². The number of furan rings is 1. The van der Waals surface area contributed by atoms with Crippen LogP contribution in [0.1, 0.15) is 5.76 Å². The summed E-state index contributed by atoms with van der Waals surface area (Å²) in [6, 6.07) is 5.65. The molecule has 2 N–H and O–H groups in total. The molecule has 3 rings (SSSR count). The van der Waals surface area contributed by atoms with Crippen molar-refractivity contribution in [2.75, 3.05) is 5.73 Å². The Hall–Kier alpha value is -2.30. The molecule has 80 valence electrons. The topological polar surface area (TPSA) is 69.9 Å². The minimum Gasteiger partial charge on any atom is -0.467 e. The van der Waals surface area contributed by atoms with Crippen LogP contribution < -0.4 is 5.73 Å². The van der Waals surface area contributed by atoms with Gasteiger partial charge in [-0.15, -0.1) is 0 Å². The Balaban J connectivity index is 2.12. The number of rotatable bonds is 2. The van der Waals surface area contributed by atoms with Crippen molar-refractivity contribution in [3.05, 3.63) is 42.6 Å². The predicted octanol–water partition coefficient (Wildman–Crippen LogP) is 1.65. The normalized spacial score (nSPS) is 11.0. The van der Waals surface area contributed by atoms with Crippen molar-refractivity contribution >= 4 is 17.0 Å². The lowest BCUT2D eigenvalue weighted by Gasteiger charge is -2.03. The quantitative estimate of drug-likeness (QED) is 0.704. The van der Waals surface area contributed by atoms with Gasteiger partial charge in [0.2, 0.25) is 5.95 Å². The Labute approximate surface area is 91.5 Å². The van der Waals surface area contributed by atoms with Gasteiger partial charge in [0.25, 0.3) is 0 Å². The van der Waals surface area contributed by atoms with Crippen molar-refractivity contribution in [2.24, 2.45) is 0 Å². The number of fused-ring (bicyclic) bond motifs is 1. The van der Waals surface area contributed by atoms with Crippen molar-refractivity contribution in [1.82, 2.24) is 14.5 Å². The zero-order valence-electron chi connectivity index (χ0n) is 8.50. The lowest BCUT2D eigenvalue weighted by molar-refractivity contribution is 0.497. The van der Waals surface area contributed by atoms with Gasteiger partial charge in [-0.05, 0) is 18.2 Å². The van der Waals surface area contributed by atoms with Crippen LogP contribution in [0.25, 0.3) is 11.0 Å². The highest BCUT2D eigenvalue weighted by Gasteiger charge is 2.08. The molecule has 3 heterocycles. The van der Waals surface area contributed by atoms with Gasteiger partial charge in [-0.25, -0.2) is 4.98 Å². The molecule has 0 bridgehead atoms. The summed E-state index contributed by atoms with van der Waals surface area (Å²) in [7, 11) is 0. The standard InChI is InChI=1S/C11H10N4O/c12-11-14-9-6-13-4-3-10(9)15(11)7-8-2-1-5-16-8/h1-6H,7H2,(H2,12,14). The number of aromatic nitrogens is 3. The molecule has 0 radical (unpaired) electrons. The minimum atomic E-state index is 0.472. The molecule has 0 saturated heterocycles. The second-order valence-electron chi connectivity index (χ2n) is 3.50. The molecule has 16 heavy (non-hydrogen) atoms. The van der Waals surface area contributed by atoms with E-state index in [1.165, 1.54) is 0 Å². The number of hydrogen-bond acceptors (Lipinski definition) is 4. The fourth-order valence-corrected chi connectivity index (χ4v) is 1.72. The van der Waals surface area contributed by atoms with Gasteiger partial charge in [0.1, 0.15) is 11.3 Å². The first kappa shape index (κ1) is 8.96. The molecule has 0 unspecified atom stereocenters. The molecule has 0 aromatic carbocycles. The highest BCUT2D eigenvalue weighted by atomic mass is 16.3.